The Morgan fingerprint density at radius 2 is 0.788 bits per heavy atom. The molecule has 8 aromatic rings. The molecule has 1 nitrogen and oxygen atoms in total. The molecule has 10 rings (SSSR count). The van der Waals surface area contributed by atoms with Crippen LogP contribution in [0.3, 0.4) is 0 Å². The van der Waals surface area contributed by atoms with Gasteiger partial charge in [-0.05, 0) is 105 Å². The minimum atomic E-state index is -0.424. The molecule has 0 N–H and O–H groups in total. The highest BCUT2D eigenvalue weighted by Gasteiger charge is 2.52. The smallest absolute Gasteiger partial charge is 0.0726 e. The van der Waals surface area contributed by atoms with Gasteiger partial charge >= 0.3 is 0 Å². The summed E-state index contributed by atoms with van der Waals surface area (Å²) in [5, 5.41) is 0. The highest BCUT2D eigenvalue weighted by Crippen LogP contribution is 2.63. The van der Waals surface area contributed by atoms with Crippen molar-refractivity contribution >= 4 is 17.1 Å². The van der Waals surface area contributed by atoms with Gasteiger partial charge in [0.1, 0.15) is 0 Å². The Bertz CT molecular complexity index is 2580. The van der Waals surface area contributed by atoms with Gasteiger partial charge in [0, 0.05) is 16.9 Å². The lowest BCUT2D eigenvalue weighted by atomic mass is 9.70. The zero-order valence-corrected chi connectivity index (χ0v) is 29.3. The number of anilines is 3. The fourth-order valence-electron chi connectivity index (χ4n) is 8.93. The summed E-state index contributed by atoms with van der Waals surface area (Å²) in [6.45, 7) is 4.45. The Morgan fingerprint density at radius 1 is 0.327 bits per heavy atom. The molecule has 0 aliphatic heterocycles. The van der Waals surface area contributed by atoms with E-state index < -0.39 is 5.41 Å². The largest absolute Gasteiger partial charge is 0.310 e. The molecule has 246 valence electrons. The van der Waals surface area contributed by atoms with E-state index in [0.29, 0.717) is 0 Å². The van der Waals surface area contributed by atoms with Crippen LogP contribution < -0.4 is 4.90 Å². The lowest BCUT2D eigenvalue weighted by Crippen LogP contribution is -2.26. The minimum Gasteiger partial charge on any atom is -0.310 e. The summed E-state index contributed by atoms with van der Waals surface area (Å²) in [4.78, 5) is 2.46. The highest BCUT2D eigenvalue weighted by molar-refractivity contribution is 5.97. The van der Waals surface area contributed by atoms with E-state index in [1.807, 2.05) is 0 Å². The van der Waals surface area contributed by atoms with E-state index in [1.165, 1.54) is 77.9 Å². The van der Waals surface area contributed by atoms with Crippen LogP contribution in [0.1, 0.15) is 33.4 Å². The zero-order valence-electron chi connectivity index (χ0n) is 29.3. The Balaban J connectivity index is 1.25. The maximum absolute atomic E-state index is 2.49. The van der Waals surface area contributed by atoms with Crippen LogP contribution in [0.25, 0.3) is 44.5 Å². The summed E-state index contributed by atoms with van der Waals surface area (Å²) < 4.78 is 0. The van der Waals surface area contributed by atoms with Crippen molar-refractivity contribution in [2.24, 2.45) is 0 Å². The lowest BCUT2D eigenvalue weighted by molar-refractivity contribution is 0.791. The van der Waals surface area contributed by atoms with E-state index in [-0.39, 0.29) is 0 Å². The van der Waals surface area contributed by atoms with E-state index in [1.54, 1.807) is 0 Å². The second-order valence-electron chi connectivity index (χ2n) is 14.3. The van der Waals surface area contributed by atoms with Gasteiger partial charge in [0.25, 0.3) is 0 Å². The van der Waals surface area contributed by atoms with Gasteiger partial charge in [-0.2, -0.15) is 0 Å². The number of para-hydroxylation sites is 1. The van der Waals surface area contributed by atoms with E-state index in [9.17, 15) is 0 Å². The SMILES string of the molecule is Cc1ccc2c(c1)C1(c3ccccc3-c3ccc(N(c4ccc(-c5ccccc5)cc4)c4ccccc4-c4ccccc4)cc31)c1cc(C)ccc1-2. The van der Waals surface area contributed by atoms with Crippen LogP contribution >= 0.6 is 0 Å². The predicted octanol–water partition coefficient (Wildman–Crippen LogP) is 13.5. The third-order valence-electron chi connectivity index (χ3n) is 11.2. The zero-order chi connectivity index (χ0) is 34.8. The molecule has 0 aromatic heterocycles. The number of rotatable bonds is 5. The van der Waals surface area contributed by atoms with E-state index in [4.69, 9.17) is 0 Å². The van der Waals surface area contributed by atoms with E-state index >= 15 is 0 Å². The molecule has 0 atom stereocenters. The molecule has 52 heavy (non-hydrogen) atoms. The van der Waals surface area contributed by atoms with Crippen molar-refractivity contribution in [3.8, 4) is 44.5 Å². The van der Waals surface area contributed by atoms with Gasteiger partial charge < -0.3 is 4.90 Å². The van der Waals surface area contributed by atoms with Crippen LogP contribution in [0.15, 0.2) is 188 Å². The average molecular weight is 664 g/mol. The predicted molar refractivity (Wildman–Crippen MR) is 218 cm³/mol. The first-order chi connectivity index (χ1) is 25.6. The molecular weight excluding hydrogens is 627 g/mol. The molecule has 0 fully saturated rings. The summed E-state index contributed by atoms with van der Waals surface area (Å²) in [6.07, 6.45) is 0. The van der Waals surface area contributed by atoms with E-state index in [2.05, 4.69) is 207 Å². The molecule has 1 heteroatoms. The van der Waals surface area contributed by atoms with Crippen molar-refractivity contribution in [3.05, 3.63) is 221 Å². The van der Waals surface area contributed by atoms with Gasteiger partial charge in [0.2, 0.25) is 0 Å². The fourth-order valence-corrected chi connectivity index (χ4v) is 8.93. The third-order valence-corrected chi connectivity index (χ3v) is 11.2. The van der Waals surface area contributed by atoms with Crippen molar-refractivity contribution in [1.29, 1.82) is 0 Å². The molecule has 0 bridgehead atoms. The molecule has 0 amide bonds. The summed E-state index contributed by atoms with van der Waals surface area (Å²) in [6, 6.07) is 69.6. The second kappa shape index (κ2) is 11.8. The Kier molecular flexibility index (Phi) is 6.91. The first kappa shape index (κ1) is 30.4. The van der Waals surface area contributed by atoms with Gasteiger partial charge in [0.05, 0.1) is 11.1 Å². The molecule has 0 saturated heterocycles. The number of hydrogen-bond donors (Lipinski definition) is 0. The van der Waals surface area contributed by atoms with Gasteiger partial charge in [-0.3, -0.25) is 0 Å². The van der Waals surface area contributed by atoms with Gasteiger partial charge in [0.15, 0.2) is 0 Å². The molecule has 2 aliphatic carbocycles. The third kappa shape index (κ3) is 4.49. The first-order valence-electron chi connectivity index (χ1n) is 18.2. The van der Waals surface area contributed by atoms with E-state index in [0.717, 1.165) is 17.1 Å². The minimum absolute atomic E-state index is 0.424. The molecule has 0 unspecified atom stereocenters. The molecule has 2 aliphatic rings. The summed E-state index contributed by atoms with van der Waals surface area (Å²) >= 11 is 0. The lowest BCUT2D eigenvalue weighted by Gasteiger charge is -2.33. The Labute approximate surface area is 306 Å². The second-order valence-corrected chi connectivity index (χ2v) is 14.3. The average Bonchev–Trinajstić information content (AvgIpc) is 3.65. The van der Waals surface area contributed by atoms with Gasteiger partial charge in [-0.15, -0.1) is 0 Å². The monoisotopic (exact) mass is 663 g/mol. The summed E-state index contributed by atoms with van der Waals surface area (Å²) in [7, 11) is 0. The van der Waals surface area contributed by atoms with Crippen LogP contribution in [-0.4, -0.2) is 0 Å². The Hall–Kier alpha value is -6.44. The highest BCUT2D eigenvalue weighted by atomic mass is 15.1. The van der Waals surface area contributed by atoms with Crippen molar-refractivity contribution in [2.45, 2.75) is 19.3 Å². The summed E-state index contributed by atoms with van der Waals surface area (Å²) in [5.41, 5.74) is 21.1. The quantitative estimate of drug-likeness (QED) is 0.177. The van der Waals surface area contributed by atoms with Gasteiger partial charge in [-0.1, -0.05) is 169 Å². The van der Waals surface area contributed by atoms with Crippen LogP contribution in [0.5, 0.6) is 0 Å². The van der Waals surface area contributed by atoms with Crippen molar-refractivity contribution < 1.29 is 0 Å². The molecule has 0 radical (unpaired) electrons. The summed E-state index contributed by atoms with van der Waals surface area (Å²) in [5.74, 6) is 0. The maximum atomic E-state index is 2.49. The van der Waals surface area contributed by atoms with Crippen LogP contribution in [0.2, 0.25) is 0 Å². The molecule has 1 spiro atoms. The maximum Gasteiger partial charge on any atom is 0.0726 e. The number of benzene rings is 8. The first-order valence-corrected chi connectivity index (χ1v) is 18.2. The normalized spacial score (nSPS) is 13.0. The van der Waals surface area contributed by atoms with Crippen molar-refractivity contribution in [3.63, 3.8) is 0 Å². The molecule has 8 aromatic carbocycles. The Morgan fingerprint density at radius 3 is 1.44 bits per heavy atom. The number of aryl methyl sites for hydroxylation is 2. The fraction of sp³-hybridized carbons (Fsp3) is 0.0588. The number of nitrogens with zero attached hydrogens (tertiary/aromatic N) is 1. The molecule has 0 heterocycles. The standard InChI is InChI=1S/C51H37N/c1-34-21-28-43-44-29-22-35(2)32-48(44)51(47(43)31-34)46-19-11-9-18-42(46)45-30-27-40(33-49(45)51)52(39-25-23-37(24-26-39)36-13-5-3-6-14-36)50-20-12-10-17-41(50)38-15-7-4-8-16-38/h3-33H,1-2H3. The van der Waals surface area contributed by atoms with Crippen LogP contribution in [-0.2, 0) is 5.41 Å². The van der Waals surface area contributed by atoms with Crippen molar-refractivity contribution in [1.82, 2.24) is 0 Å². The van der Waals surface area contributed by atoms with Gasteiger partial charge in [-0.25, -0.2) is 0 Å². The number of hydrogen-bond acceptors (Lipinski definition) is 1. The van der Waals surface area contributed by atoms with Crippen LogP contribution in [0.4, 0.5) is 17.1 Å². The number of fused-ring (bicyclic) bond motifs is 10. The molecule has 0 saturated carbocycles. The van der Waals surface area contributed by atoms with Crippen LogP contribution in [0, 0.1) is 13.8 Å². The topological polar surface area (TPSA) is 3.24 Å². The van der Waals surface area contributed by atoms with Crippen molar-refractivity contribution in [2.75, 3.05) is 4.90 Å². The molecular formula is C51H37N.